The standard InChI is InChI=1S/C20H20N4OS2/c1-3-18-22-23-20(16-10-17-15(24(16)18)8-9-26-17)27-12-19(25)21-11-14-6-4-13(2)5-7-14/h4-10H,3,11-12H2,1-2H3,(H,21,25). The Morgan fingerprint density at radius 2 is 2.00 bits per heavy atom. The molecule has 5 nitrogen and oxygen atoms in total. The second-order valence-electron chi connectivity index (χ2n) is 6.36. The van der Waals surface area contributed by atoms with E-state index in [1.54, 1.807) is 11.3 Å². The van der Waals surface area contributed by atoms with E-state index >= 15 is 0 Å². The molecule has 138 valence electrons. The van der Waals surface area contributed by atoms with Crippen molar-refractivity contribution in [2.24, 2.45) is 0 Å². The van der Waals surface area contributed by atoms with Crippen molar-refractivity contribution in [1.29, 1.82) is 0 Å². The summed E-state index contributed by atoms with van der Waals surface area (Å²) in [5.74, 6) is 1.25. The average Bonchev–Trinajstić information content (AvgIpc) is 3.27. The second kappa shape index (κ2) is 7.70. The molecule has 0 saturated carbocycles. The molecular weight excluding hydrogens is 376 g/mol. The molecule has 0 fully saturated rings. The van der Waals surface area contributed by atoms with Crippen molar-refractivity contribution in [3.8, 4) is 0 Å². The minimum atomic E-state index is -0.00605. The van der Waals surface area contributed by atoms with Crippen LogP contribution in [0, 0.1) is 6.92 Å². The fourth-order valence-electron chi connectivity index (χ4n) is 2.98. The molecule has 0 saturated heterocycles. The molecule has 1 N–H and O–H groups in total. The second-order valence-corrected chi connectivity index (χ2v) is 8.27. The molecule has 0 bridgehead atoms. The molecular formula is C20H20N4OS2. The molecule has 1 amide bonds. The van der Waals surface area contributed by atoms with E-state index in [0.717, 1.165) is 33.9 Å². The third-order valence-corrected chi connectivity index (χ3v) is 6.25. The Bertz CT molecular complexity index is 1100. The number of benzene rings is 1. The minimum absolute atomic E-state index is 0.00605. The van der Waals surface area contributed by atoms with Crippen LogP contribution in [0.25, 0.3) is 15.7 Å². The van der Waals surface area contributed by atoms with Gasteiger partial charge in [0, 0.05) is 13.0 Å². The van der Waals surface area contributed by atoms with E-state index in [9.17, 15) is 4.79 Å². The summed E-state index contributed by atoms with van der Waals surface area (Å²) in [6.07, 6.45) is 0.811. The van der Waals surface area contributed by atoms with Crippen molar-refractivity contribution in [2.75, 3.05) is 5.75 Å². The van der Waals surface area contributed by atoms with E-state index in [0.29, 0.717) is 12.3 Å². The van der Waals surface area contributed by atoms with Crippen LogP contribution in [0.15, 0.2) is 46.8 Å². The van der Waals surface area contributed by atoms with E-state index in [2.05, 4.69) is 63.4 Å². The number of rotatable bonds is 6. The number of carbonyl (C=O) groups excluding carboxylic acids is 1. The van der Waals surface area contributed by atoms with E-state index < -0.39 is 0 Å². The molecule has 4 rings (SSSR count). The summed E-state index contributed by atoms with van der Waals surface area (Å²) in [6.45, 7) is 4.67. The van der Waals surface area contributed by atoms with E-state index in [-0.39, 0.29) is 5.91 Å². The maximum absolute atomic E-state index is 12.3. The predicted molar refractivity (Wildman–Crippen MR) is 111 cm³/mol. The van der Waals surface area contributed by atoms with Crippen LogP contribution in [-0.2, 0) is 17.8 Å². The Labute approximate surface area is 165 Å². The highest BCUT2D eigenvalue weighted by Gasteiger charge is 2.15. The smallest absolute Gasteiger partial charge is 0.230 e. The van der Waals surface area contributed by atoms with Crippen LogP contribution in [0.5, 0.6) is 0 Å². The number of fused-ring (bicyclic) bond motifs is 3. The molecule has 7 heteroatoms. The lowest BCUT2D eigenvalue weighted by atomic mass is 10.1. The molecule has 0 radical (unpaired) electrons. The Morgan fingerprint density at radius 1 is 1.19 bits per heavy atom. The topological polar surface area (TPSA) is 59.3 Å². The summed E-state index contributed by atoms with van der Waals surface area (Å²) in [4.78, 5) is 12.3. The van der Waals surface area contributed by atoms with Gasteiger partial charge in [-0.3, -0.25) is 9.20 Å². The van der Waals surface area contributed by atoms with Crippen LogP contribution in [0.3, 0.4) is 0 Å². The van der Waals surface area contributed by atoms with Crippen LogP contribution < -0.4 is 5.32 Å². The number of hydrogen-bond donors (Lipinski definition) is 1. The maximum Gasteiger partial charge on any atom is 0.230 e. The number of aryl methyl sites for hydroxylation is 2. The first kappa shape index (κ1) is 18.0. The molecule has 0 aliphatic rings. The number of nitrogens with zero attached hydrogens (tertiary/aromatic N) is 3. The molecule has 0 aliphatic heterocycles. The molecule has 0 spiro atoms. The quantitative estimate of drug-likeness (QED) is 0.496. The van der Waals surface area contributed by atoms with Gasteiger partial charge < -0.3 is 5.32 Å². The van der Waals surface area contributed by atoms with Gasteiger partial charge in [0.1, 0.15) is 10.9 Å². The number of aromatic nitrogens is 3. The normalized spacial score (nSPS) is 11.3. The highest BCUT2D eigenvalue weighted by atomic mass is 32.2. The van der Waals surface area contributed by atoms with Crippen LogP contribution >= 0.6 is 23.1 Å². The molecule has 27 heavy (non-hydrogen) atoms. The van der Waals surface area contributed by atoms with E-state index in [1.165, 1.54) is 22.0 Å². The molecule has 3 aromatic heterocycles. The Kier molecular flexibility index (Phi) is 5.13. The van der Waals surface area contributed by atoms with Gasteiger partial charge in [0.15, 0.2) is 0 Å². The minimum Gasteiger partial charge on any atom is -0.351 e. The first-order chi connectivity index (χ1) is 13.2. The van der Waals surface area contributed by atoms with E-state index in [1.807, 2.05) is 12.1 Å². The predicted octanol–water partition coefficient (Wildman–Crippen LogP) is 4.22. The lowest BCUT2D eigenvalue weighted by molar-refractivity contribution is -0.118. The van der Waals surface area contributed by atoms with Gasteiger partial charge in [-0.25, -0.2) is 0 Å². The molecule has 0 unspecified atom stereocenters. The van der Waals surface area contributed by atoms with Crippen molar-refractivity contribution in [1.82, 2.24) is 19.9 Å². The van der Waals surface area contributed by atoms with Crippen LogP contribution in [0.1, 0.15) is 23.9 Å². The zero-order valence-electron chi connectivity index (χ0n) is 15.2. The van der Waals surface area contributed by atoms with Crippen LogP contribution in [-0.4, -0.2) is 26.3 Å². The van der Waals surface area contributed by atoms with Crippen molar-refractivity contribution < 1.29 is 4.79 Å². The Morgan fingerprint density at radius 3 is 2.78 bits per heavy atom. The number of nitrogens with one attached hydrogen (secondary N) is 1. The van der Waals surface area contributed by atoms with Gasteiger partial charge in [-0.2, -0.15) is 0 Å². The van der Waals surface area contributed by atoms with Crippen molar-refractivity contribution >= 4 is 44.7 Å². The Balaban J connectivity index is 1.47. The van der Waals surface area contributed by atoms with Crippen LogP contribution in [0.2, 0.25) is 0 Å². The summed E-state index contributed by atoms with van der Waals surface area (Å²) >= 11 is 3.14. The molecule has 4 aromatic rings. The molecule has 3 heterocycles. The third kappa shape index (κ3) is 3.70. The highest BCUT2D eigenvalue weighted by molar-refractivity contribution is 8.00. The van der Waals surface area contributed by atoms with E-state index in [4.69, 9.17) is 0 Å². The Hall–Kier alpha value is -2.38. The van der Waals surface area contributed by atoms with Gasteiger partial charge in [0.25, 0.3) is 0 Å². The zero-order chi connectivity index (χ0) is 18.8. The lowest BCUT2D eigenvalue weighted by Crippen LogP contribution is -2.24. The van der Waals surface area contributed by atoms with Gasteiger partial charge >= 0.3 is 0 Å². The van der Waals surface area contributed by atoms with Crippen molar-refractivity contribution in [3.05, 3.63) is 58.7 Å². The first-order valence-corrected chi connectivity index (χ1v) is 10.7. The molecule has 1 aromatic carbocycles. The number of amides is 1. The number of thioether (sulfide) groups is 1. The molecule has 0 atom stereocenters. The van der Waals surface area contributed by atoms with Crippen molar-refractivity contribution in [3.63, 3.8) is 0 Å². The average molecular weight is 397 g/mol. The van der Waals surface area contributed by atoms with Gasteiger partial charge in [0.05, 0.1) is 21.5 Å². The number of carbonyl (C=O) groups is 1. The number of thiophene rings is 1. The fourth-order valence-corrected chi connectivity index (χ4v) is 4.55. The summed E-state index contributed by atoms with van der Waals surface area (Å²) in [5, 5.41) is 14.6. The maximum atomic E-state index is 12.3. The summed E-state index contributed by atoms with van der Waals surface area (Å²) in [6, 6.07) is 12.4. The third-order valence-electron chi connectivity index (χ3n) is 4.42. The van der Waals surface area contributed by atoms with Gasteiger partial charge in [-0.15, -0.1) is 21.5 Å². The van der Waals surface area contributed by atoms with Gasteiger partial charge in [0.2, 0.25) is 5.91 Å². The summed E-state index contributed by atoms with van der Waals surface area (Å²) in [5.41, 5.74) is 4.50. The summed E-state index contributed by atoms with van der Waals surface area (Å²) in [7, 11) is 0. The number of hydrogen-bond acceptors (Lipinski definition) is 5. The highest BCUT2D eigenvalue weighted by Crippen LogP contribution is 2.31. The van der Waals surface area contributed by atoms with Gasteiger partial charge in [-0.05, 0) is 30.0 Å². The van der Waals surface area contributed by atoms with Crippen LogP contribution in [0.4, 0.5) is 0 Å². The van der Waals surface area contributed by atoms with Gasteiger partial charge in [-0.1, -0.05) is 48.5 Å². The SMILES string of the molecule is CCc1nnc(SCC(=O)NCc2ccc(C)cc2)c2cc3sccc3n12. The largest absolute Gasteiger partial charge is 0.351 e. The summed E-state index contributed by atoms with van der Waals surface area (Å²) < 4.78 is 3.37. The fraction of sp³-hybridized carbons (Fsp3) is 0.250. The first-order valence-electron chi connectivity index (χ1n) is 8.85. The van der Waals surface area contributed by atoms with Crippen molar-refractivity contribution in [2.45, 2.75) is 31.8 Å². The lowest BCUT2D eigenvalue weighted by Gasteiger charge is -2.08. The zero-order valence-corrected chi connectivity index (χ0v) is 16.9. The monoisotopic (exact) mass is 396 g/mol. The molecule has 0 aliphatic carbocycles.